The molecule has 0 saturated heterocycles. The number of ether oxygens (including phenoxy) is 1. The fraction of sp³-hybridized carbons (Fsp3) is 0.350. The predicted molar refractivity (Wildman–Crippen MR) is 90.6 cm³/mol. The summed E-state index contributed by atoms with van der Waals surface area (Å²) in [5, 5.41) is 0. The highest BCUT2D eigenvalue weighted by Crippen LogP contribution is 2.22. The van der Waals surface area contributed by atoms with Crippen LogP contribution in [0.1, 0.15) is 31.7 Å². The van der Waals surface area contributed by atoms with Gasteiger partial charge in [-0.15, -0.1) is 0 Å². The molecule has 22 heavy (non-hydrogen) atoms. The summed E-state index contributed by atoms with van der Waals surface area (Å²) in [4.78, 5) is 11.9. The number of hydrogen-bond acceptors (Lipinski definition) is 2. The highest BCUT2D eigenvalue weighted by atomic mass is 16.5. The molecule has 0 N–H and O–H groups in total. The molecule has 0 aliphatic rings. The Hall–Kier alpha value is -2.09. The van der Waals surface area contributed by atoms with Crippen LogP contribution in [0.15, 0.2) is 54.6 Å². The quantitative estimate of drug-likeness (QED) is 0.681. The Balaban J connectivity index is 2.07. The van der Waals surface area contributed by atoms with Gasteiger partial charge in [-0.3, -0.25) is 4.79 Å². The molecular weight excluding hydrogens is 272 g/mol. The number of carbonyl (C=O) groups excluding carboxylic acids is 1. The first kappa shape index (κ1) is 16.3. The molecule has 0 aliphatic carbocycles. The van der Waals surface area contributed by atoms with Gasteiger partial charge >= 0.3 is 5.97 Å². The second kappa shape index (κ2) is 8.38. The van der Waals surface area contributed by atoms with Crippen LogP contribution in [0.4, 0.5) is 0 Å². The number of methoxy groups -OCH3 is 1. The van der Waals surface area contributed by atoms with Crippen molar-refractivity contribution in [2.45, 2.75) is 32.6 Å². The highest BCUT2D eigenvalue weighted by Gasteiger charge is 2.18. The molecule has 1 unspecified atom stereocenters. The zero-order valence-corrected chi connectivity index (χ0v) is 13.4. The van der Waals surface area contributed by atoms with E-state index in [-0.39, 0.29) is 11.9 Å². The van der Waals surface area contributed by atoms with E-state index in [0.29, 0.717) is 0 Å². The average molecular weight is 296 g/mol. The molecule has 0 aliphatic heterocycles. The number of esters is 1. The van der Waals surface area contributed by atoms with Crippen molar-refractivity contribution in [3.63, 3.8) is 0 Å². The average Bonchev–Trinajstić information content (AvgIpc) is 2.59. The van der Waals surface area contributed by atoms with Gasteiger partial charge in [0.05, 0.1) is 13.0 Å². The van der Waals surface area contributed by atoms with Gasteiger partial charge in [-0.25, -0.2) is 0 Å². The van der Waals surface area contributed by atoms with Gasteiger partial charge in [0.2, 0.25) is 0 Å². The number of rotatable bonds is 7. The molecule has 0 spiro atoms. The first-order valence-corrected chi connectivity index (χ1v) is 7.96. The van der Waals surface area contributed by atoms with Crippen LogP contribution in [0.25, 0.3) is 11.1 Å². The maximum Gasteiger partial charge on any atom is 0.308 e. The van der Waals surface area contributed by atoms with E-state index in [1.165, 1.54) is 23.8 Å². The van der Waals surface area contributed by atoms with Crippen LogP contribution in [0.5, 0.6) is 0 Å². The minimum atomic E-state index is -0.0967. The van der Waals surface area contributed by atoms with Gasteiger partial charge in [0.15, 0.2) is 0 Å². The Kier molecular flexibility index (Phi) is 6.20. The molecule has 2 heteroatoms. The first-order chi connectivity index (χ1) is 10.7. The van der Waals surface area contributed by atoms with Crippen molar-refractivity contribution >= 4 is 5.97 Å². The zero-order chi connectivity index (χ0) is 15.8. The minimum absolute atomic E-state index is 0.0347. The SMILES string of the molecule is CCCCC(Cc1ccc(-c2ccccc2)cc1)C(=O)OC. The zero-order valence-electron chi connectivity index (χ0n) is 13.4. The standard InChI is InChI=1S/C20H24O2/c1-3-4-8-19(20(21)22-2)15-16-11-13-18(14-12-16)17-9-6-5-7-10-17/h5-7,9-14,19H,3-4,8,15H2,1-2H3. The van der Waals surface area contributed by atoms with Crippen molar-refractivity contribution in [2.75, 3.05) is 7.11 Å². The summed E-state index contributed by atoms with van der Waals surface area (Å²) in [6.07, 6.45) is 3.80. The van der Waals surface area contributed by atoms with Gasteiger partial charge in [-0.05, 0) is 29.5 Å². The normalized spacial score (nSPS) is 11.9. The van der Waals surface area contributed by atoms with Gasteiger partial charge in [-0.2, -0.15) is 0 Å². The lowest BCUT2D eigenvalue weighted by molar-refractivity contribution is -0.145. The van der Waals surface area contributed by atoms with E-state index in [2.05, 4.69) is 43.3 Å². The third-order valence-electron chi connectivity index (χ3n) is 3.98. The Morgan fingerprint density at radius 1 is 1.00 bits per heavy atom. The van der Waals surface area contributed by atoms with E-state index >= 15 is 0 Å². The lowest BCUT2D eigenvalue weighted by Gasteiger charge is -2.14. The van der Waals surface area contributed by atoms with Crippen LogP contribution < -0.4 is 0 Å². The highest BCUT2D eigenvalue weighted by molar-refractivity contribution is 5.72. The first-order valence-electron chi connectivity index (χ1n) is 7.96. The summed E-state index contributed by atoms with van der Waals surface area (Å²) in [5.74, 6) is -0.131. The molecule has 2 nitrogen and oxygen atoms in total. The van der Waals surface area contributed by atoms with Gasteiger partial charge in [0, 0.05) is 0 Å². The lowest BCUT2D eigenvalue weighted by Crippen LogP contribution is -2.18. The monoisotopic (exact) mass is 296 g/mol. The number of hydrogen-bond donors (Lipinski definition) is 0. The largest absolute Gasteiger partial charge is 0.469 e. The van der Waals surface area contributed by atoms with E-state index < -0.39 is 0 Å². The second-order valence-electron chi connectivity index (χ2n) is 5.63. The summed E-state index contributed by atoms with van der Waals surface area (Å²) in [6, 6.07) is 18.8. The van der Waals surface area contributed by atoms with Crippen LogP contribution >= 0.6 is 0 Å². The maximum atomic E-state index is 11.9. The lowest BCUT2D eigenvalue weighted by atomic mass is 9.93. The molecule has 2 aromatic rings. The Bertz CT molecular complexity index is 572. The topological polar surface area (TPSA) is 26.3 Å². The number of unbranched alkanes of at least 4 members (excludes halogenated alkanes) is 1. The van der Waals surface area contributed by atoms with E-state index in [4.69, 9.17) is 4.74 Å². The molecule has 2 aromatic carbocycles. The summed E-state index contributed by atoms with van der Waals surface area (Å²) in [5.41, 5.74) is 3.60. The fourth-order valence-electron chi connectivity index (χ4n) is 2.67. The van der Waals surface area contributed by atoms with Crippen LogP contribution in [0.2, 0.25) is 0 Å². The molecule has 0 aromatic heterocycles. The molecular formula is C20H24O2. The van der Waals surface area contributed by atoms with Crippen molar-refractivity contribution in [3.8, 4) is 11.1 Å². The third-order valence-corrected chi connectivity index (χ3v) is 3.98. The van der Waals surface area contributed by atoms with Crippen LogP contribution in [-0.2, 0) is 16.0 Å². The maximum absolute atomic E-state index is 11.9. The Labute approximate surface area is 133 Å². The summed E-state index contributed by atoms with van der Waals surface area (Å²) in [7, 11) is 1.47. The van der Waals surface area contributed by atoms with Crippen molar-refractivity contribution in [1.82, 2.24) is 0 Å². The number of benzene rings is 2. The van der Waals surface area contributed by atoms with E-state index in [0.717, 1.165) is 25.7 Å². The van der Waals surface area contributed by atoms with Crippen molar-refractivity contribution < 1.29 is 9.53 Å². The van der Waals surface area contributed by atoms with Gasteiger partial charge < -0.3 is 4.74 Å². The molecule has 0 bridgehead atoms. The minimum Gasteiger partial charge on any atom is -0.469 e. The molecule has 0 saturated carbocycles. The smallest absolute Gasteiger partial charge is 0.308 e. The van der Waals surface area contributed by atoms with Gasteiger partial charge in [-0.1, -0.05) is 74.4 Å². The van der Waals surface area contributed by atoms with Crippen LogP contribution in [-0.4, -0.2) is 13.1 Å². The van der Waals surface area contributed by atoms with Gasteiger partial charge in [0.1, 0.15) is 0 Å². The predicted octanol–water partition coefficient (Wildman–Crippen LogP) is 4.88. The van der Waals surface area contributed by atoms with Crippen LogP contribution in [0, 0.1) is 5.92 Å². The molecule has 116 valence electrons. The molecule has 1 atom stereocenters. The van der Waals surface area contributed by atoms with Crippen LogP contribution in [0.3, 0.4) is 0 Å². The van der Waals surface area contributed by atoms with E-state index in [1.807, 2.05) is 18.2 Å². The molecule has 0 amide bonds. The summed E-state index contributed by atoms with van der Waals surface area (Å²) in [6.45, 7) is 2.14. The molecule has 0 fully saturated rings. The van der Waals surface area contributed by atoms with E-state index in [1.54, 1.807) is 0 Å². The Morgan fingerprint density at radius 3 is 2.23 bits per heavy atom. The summed E-state index contributed by atoms with van der Waals surface area (Å²) >= 11 is 0. The van der Waals surface area contributed by atoms with E-state index in [9.17, 15) is 4.79 Å². The van der Waals surface area contributed by atoms with Crippen molar-refractivity contribution in [3.05, 3.63) is 60.2 Å². The number of carbonyl (C=O) groups is 1. The van der Waals surface area contributed by atoms with Crippen molar-refractivity contribution in [2.24, 2.45) is 5.92 Å². The molecule has 0 radical (unpaired) electrons. The van der Waals surface area contributed by atoms with Crippen molar-refractivity contribution in [1.29, 1.82) is 0 Å². The van der Waals surface area contributed by atoms with Gasteiger partial charge in [0.25, 0.3) is 0 Å². The Morgan fingerprint density at radius 2 is 1.64 bits per heavy atom. The third kappa shape index (κ3) is 4.45. The second-order valence-corrected chi connectivity index (χ2v) is 5.63. The summed E-state index contributed by atoms with van der Waals surface area (Å²) < 4.78 is 4.94. The fourth-order valence-corrected chi connectivity index (χ4v) is 2.67. The molecule has 0 heterocycles. The molecule has 2 rings (SSSR count).